The SMILES string of the molecule is CC(C)(C)OC(=O)N1CCC(n2cccc2C(=O)Nc2ccc(CS(N)(=O)=O)cc2)CC1. The molecule has 1 aromatic heterocycles. The number of anilines is 1. The van der Waals surface area contributed by atoms with E-state index in [-0.39, 0.29) is 23.8 Å². The van der Waals surface area contributed by atoms with Crippen LogP contribution >= 0.6 is 0 Å². The molecule has 2 aromatic rings. The zero-order chi connectivity index (χ0) is 23.5. The molecule has 2 amide bonds. The van der Waals surface area contributed by atoms with Gasteiger partial charge in [-0.15, -0.1) is 0 Å². The van der Waals surface area contributed by atoms with Crippen LogP contribution in [0.1, 0.15) is 55.7 Å². The highest BCUT2D eigenvalue weighted by Crippen LogP contribution is 2.26. The minimum atomic E-state index is -3.61. The van der Waals surface area contributed by atoms with Crippen molar-refractivity contribution in [1.82, 2.24) is 9.47 Å². The first-order valence-electron chi connectivity index (χ1n) is 10.5. The zero-order valence-electron chi connectivity index (χ0n) is 18.6. The van der Waals surface area contributed by atoms with Crippen molar-refractivity contribution in [1.29, 1.82) is 0 Å². The summed E-state index contributed by atoms with van der Waals surface area (Å²) in [4.78, 5) is 26.8. The molecule has 1 aliphatic heterocycles. The van der Waals surface area contributed by atoms with Gasteiger partial charge >= 0.3 is 6.09 Å². The number of sulfonamides is 1. The van der Waals surface area contributed by atoms with Crippen molar-refractivity contribution in [3.8, 4) is 0 Å². The van der Waals surface area contributed by atoms with Gasteiger partial charge in [0, 0.05) is 31.0 Å². The monoisotopic (exact) mass is 462 g/mol. The number of rotatable bonds is 5. The molecular formula is C22H30N4O5S. The van der Waals surface area contributed by atoms with Crippen molar-refractivity contribution >= 4 is 27.7 Å². The predicted molar refractivity (Wildman–Crippen MR) is 122 cm³/mol. The maximum Gasteiger partial charge on any atom is 0.410 e. The zero-order valence-corrected chi connectivity index (χ0v) is 19.4. The minimum Gasteiger partial charge on any atom is -0.444 e. The van der Waals surface area contributed by atoms with Crippen LogP contribution < -0.4 is 10.5 Å². The fourth-order valence-electron chi connectivity index (χ4n) is 3.67. The van der Waals surface area contributed by atoms with Gasteiger partial charge in [-0.05, 0) is 63.4 Å². The number of nitrogens with two attached hydrogens (primary N) is 1. The molecule has 1 saturated heterocycles. The number of carbonyl (C=O) groups excluding carboxylic acids is 2. The van der Waals surface area contributed by atoms with Gasteiger partial charge in [0.15, 0.2) is 0 Å². The number of piperidine rings is 1. The first-order chi connectivity index (χ1) is 14.9. The Kier molecular flexibility index (Phi) is 6.94. The summed E-state index contributed by atoms with van der Waals surface area (Å²) in [5.74, 6) is -0.518. The minimum absolute atomic E-state index is 0.0987. The summed E-state index contributed by atoms with van der Waals surface area (Å²) in [5, 5.41) is 7.90. The van der Waals surface area contributed by atoms with Crippen LogP contribution in [0.4, 0.5) is 10.5 Å². The molecule has 1 aliphatic rings. The summed E-state index contributed by atoms with van der Waals surface area (Å²) in [6.07, 6.45) is 3.00. The number of amides is 2. The van der Waals surface area contributed by atoms with E-state index in [1.54, 1.807) is 35.2 Å². The average Bonchev–Trinajstić information content (AvgIpc) is 3.17. The van der Waals surface area contributed by atoms with E-state index in [9.17, 15) is 18.0 Å². The third-order valence-electron chi connectivity index (χ3n) is 5.10. The van der Waals surface area contributed by atoms with E-state index in [1.165, 1.54) is 0 Å². The van der Waals surface area contributed by atoms with Crippen LogP contribution in [0.25, 0.3) is 0 Å². The molecule has 1 fully saturated rings. The number of likely N-dealkylation sites (tertiary alicyclic amines) is 1. The fraction of sp³-hybridized carbons (Fsp3) is 0.455. The van der Waals surface area contributed by atoms with E-state index in [1.807, 2.05) is 37.6 Å². The summed E-state index contributed by atoms with van der Waals surface area (Å²) >= 11 is 0. The van der Waals surface area contributed by atoms with E-state index in [0.29, 0.717) is 30.0 Å². The van der Waals surface area contributed by atoms with Crippen LogP contribution in [0.2, 0.25) is 0 Å². The number of nitrogens with one attached hydrogen (secondary N) is 1. The van der Waals surface area contributed by atoms with Crippen molar-refractivity contribution in [3.63, 3.8) is 0 Å². The van der Waals surface area contributed by atoms with Gasteiger partial charge in [-0.25, -0.2) is 18.4 Å². The standard InChI is InChI=1S/C22H30N4O5S/c1-22(2,3)31-21(28)25-13-10-18(11-14-25)26-12-4-5-19(26)20(27)24-17-8-6-16(7-9-17)15-32(23,29)30/h4-9,12,18H,10-11,13-15H2,1-3H3,(H,24,27)(H2,23,29,30). The lowest BCUT2D eigenvalue weighted by Crippen LogP contribution is -2.42. The first-order valence-corrected chi connectivity index (χ1v) is 12.2. The van der Waals surface area contributed by atoms with Crippen LogP contribution in [0.3, 0.4) is 0 Å². The molecule has 0 spiro atoms. The number of benzene rings is 1. The van der Waals surface area contributed by atoms with Crippen molar-refractivity contribution in [2.45, 2.75) is 51.0 Å². The molecule has 0 saturated carbocycles. The van der Waals surface area contributed by atoms with Crippen LogP contribution in [0.5, 0.6) is 0 Å². The Morgan fingerprint density at radius 2 is 1.75 bits per heavy atom. The Morgan fingerprint density at radius 1 is 1.12 bits per heavy atom. The normalized spacial score (nSPS) is 15.4. The number of aromatic nitrogens is 1. The molecule has 3 rings (SSSR count). The molecule has 2 heterocycles. The maximum absolute atomic E-state index is 12.8. The molecule has 174 valence electrons. The summed E-state index contributed by atoms with van der Waals surface area (Å²) in [6, 6.07) is 10.2. The highest BCUT2D eigenvalue weighted by atomic mass is 32.2. The third-order valence-corrected chi connectivity index (χ3v) is 5.84. The number of nitrogens with zero attached hydrogens (tertiary/aromatic N) is 2. The second-order valence-electron chi connectivity index (χ2n) is 8.96. The fourth-order valence-corrected chi connectivity index (χ4v) is 4.33. The third kappa shape index (κ3) is 6.57. The number of hydrogen-bond acceptors (Lipinski definition) is 5. The Morgan fingerprint density at radius 3 is 2.31 bits per heavy atom. The van der Waals surface area contributed by atoms with E-state index in [2.05, 4.69) is 5.32 Å². The van der Waals surface area contributed by atoms with Crippen LogP contribution in [-0.2, 0) is 20.5 Å². The highest BCUT2D eigenvalue weighted by molar-refractivity contribution is 7.88. The first kappa shape index (κ1) is 23.8. The second-order valence-corrected chi connectivity index (χ2v) is 10.6. The topological polar surface area (TPSA) is 124 Å². The lowest BCUT2D eigenvalue weighted by atomic mass is 10.0. The lowest BCUT2D eigenvalue weighted by Gasteiger charge is -2.34. The Hall–Kier alpha value is -2.85. The van der Waals surface area contributed by atoms with Gasteiger partial charge in [-0.1, -0.05) is 12.1 Å². The average molecular weight is 463 g/mol. The molecule has 10 heteroatoms. The summed E-state index contributed by atoms with van der Waals surface area (Å²) in [6.45, 7) is 6.65. The van der Waals surface area contributed by atoms with E-state index in [0.717, 1.165) is 12.8 Å². The lowest BCUT2D eigenvalue weighted by molar-refractivity contribution is 0.0187. The maximum atomic E-state index is 12.8. The van der Waals surface area contributed by atoms with Gasteiger partial charge in [0.25, 0.3) is 5.91 Å². The van der Waals surface area contributed by atoms with Crippen LogP contribution in [0, 0.1) is 0 Å². The molecule has 0 bridgehead atoms. The van der Waals surface area contributed by atoms with E-state index >= 15 is 0 Å². The van der Waals surface area contributed by atoms with Crippen molar-refractivity contribution in [3.05, 3.63) is 53.9 Å². The van der Waals surface area contributed by atoms with Gasteiger partial charge in [0.1, 0.15) is 11.3 Å². The molecule has 9 nitrogen and oxygen atoms in total. The Bertz CT molecular complexity index is 1060. The number of ether oxygens (including phenoxy) is 1. The highest BCUT2D eigenvalue weighted by Gasteiger charge is 2.28. The summed E-state index contributed by atoms with van der Waals surface area (Å²) < 4.78 is 29.8. The quantitative estimate of drug-likeness (QED) is 0.707. The Balaban J connectivity index is 1.61. The van der Waals surface area contributed by atoms with Crippen molar-refractivity contribution in [2.75, 3.05) is 18.4 Å². The predicted octanol–water partition coefficient (Wildman–Crippen LogP) is 3.10. The molecule has 0 unspecified atom stereocenters. The molecule has 0 atom stereocenters. The van der Waals surface area contributed by atoms with Crippen molar-refractivity contribution < 1.29 is 22.7 Å². The molecule has 32 heavy (non-hydrogen) atoms. The summed E-state index contributed by atoms with van der Waals surface area (Å²) in [5.41, 5.74) is 1.09. The van der Waals surface area contributed by atoms with E-state index < -0.39 is 15.6 Å². The molecule has 1 aromatic carbocycles. The van der Waals surface area contributed by atoms with E-state index in [4.69, 9.17) is 9.88 Å². The van der Waals surface area contributed by atoms with Crippen molar-refractivity contribution in [2.24, 2.45) is 5.14 Å². The van der Waals surface area contributed by atoms with Gasteiger partial charge in [0.2, 0.25) is 10.0 Å². The van der Waals surface area contributed by atoms with Crippen LogP contribution in [-0.4, -0.2) is 48.6 Å². The van der Waals surface area contributed by atoms with Gasteiger partial charge in [-0.2, -0.15) is 0 Å². The second kappa shape index (κ2) is 9.33. The molecule has 0 aliphatic carbocycles. The van der Waals surface area contributed by atoms with Gasteiger partial charge in [-0.3, -0.25) is 4.79 Å². The molecule has 3 N–H and O–H groups in total. The summed E-state index contributed by atoms with van der Waals surface area (Å²) in [7, 11) is -3.61. The number of primary sulfonamides is 1. The van der Waals surface area contributed by atoms with Gasteiger partial charge in [0.05, 0.1) is 5.75 Å². The largest absolute Gasteiger partial charge is 0.444 e. The smallest absolute Gasteiger partial charge is 0.410 e. The number of carbonyl (C=O) groups is 2. The van der Waals surface area contributed by atoms with Gasteiger partial charge < -0.3 is 19.5 Å². The van der Waals surface area contributed by atoms with Crippen LogP contribution in [0.15, 0.2) is 42.6 Å². The Labute approximate surface area is 188 Å². The molecular weight excluding hydrogens is 432 g/mol. The number of hydrogen-bond donors (Lipinski definition) is 2. The molecule has 0 radical (unpaired) electrons.